The van der Waals surface area contributed by atoms with Crippen LogP contribution in [0.15, 0.2) is 67.1 Å². The quantitative estimate of drug-likeness (QED) is 0.166. The molecule has 0 saturated carbocycles. The minimum absolute atomic E-state index is 0.00207. The number of carbonyl (C=O) groups excluding carboxylic acids is 1. The number of hydrogen-bond acceptors (Lipinski definition) is 11. The topological polar surface area (TPSA) is 164 Å². The van der Waals surface area contributed by atoms with Crippen LogP contribution < -0.4 is 29.8 Å². The standard InChI is InChI=1S/C16H17AsN2O7.C9H8N2O/c1-10(20)19-14-7-11(2-4-13(14)17(21,25-18)26-22)6-12-3-5-15-16(8-12)24-9-23-15;1-12-8-3-2-7-5-10-6-11-9(7)4-8/h2-5,7-8,22H,6,9,18H2,1H3,(H,19,20);2-6H,1H3. The number of benzene rings is 3. The number of ether oxygens (including phenoxy) is 3. The summed E-state index contributed by atoms with van der Waals surface area (Å²) in [5, 5.41) is 12.5. The van der Waals surface area contributed by atoms with E-state index in [0.717, 1.165) is 27.8 Å². The van der Waals surface area contributed by atoms with Gasteiger partial charge in [-0.3, -0.25) is 0 Å². The molecule has 198 valence electrons. The van der Waals surface area contributed by atoms with Crippen LogP contribution in [0.3, 0.4) is 0 Å². The number of nitrogens with one attached hydrogen (secondary N) is 1. The SMILES string of the molecule is CC(=O)Nc1cc(Cc2ccc3c(c2)OCO3)ccc1[As](=O)(ON)OO.COc1ccc2cncnc2c1. The predicted octanol–water partition coefficient (Wildman–Crippen LogP) is 2.56. The van der Waals surface area contributed by atoms with Crippen molar-refractivity contribution in [2.75, 3.05) is 19.2 Å². The summed E-state index contributed by atoms with van der Waals surface area (Å²) in [5.41, 5.74) is 2.87. The monoisotopic (exact) mass is 584 g/mol. The van der Waals surface area contributed by atoms with Crippen LogP contribution in [0.25, 0.3) is 10.9 Å². The fourth-order valence-electron chi connectivity index (χ4n) is 3.71. The Bertz CT molecular complexity index is 1490. The van der Waals surface area contributed by atoms with Crippen molar-refractivity contribution in [3.8, 4) is 17.2 Å². The Kier molecular flexibility index (Phi) is 8.62. The minimum atomic E-state index is -4.87. The van der Waals surface area contributed by atoms with Gasteiger partial charge in [-0.15, -0.1) is 0 Å². The normalized spacial score (nSPS) is 13.3. The molecule has 1 amide bonds. The Balaban J connectivity index is 0.000000232. The van der Waals surface area contributed by atoms with Crippen LogP contribution in [0, 0.1) is 0 Å². The molecule has 2 heterocycles. The number of amides is 1. The number of fused-ring (bicyclic) bond motifs is 2. The number of aromatic nitrogens is 2. The molecule has 1 aromatic heterocycles. The molecule has 38 heavy (non-hydrogen) atoms. The van der Waals surface area contributed by atoms with Crippen molar-refractivity contribution in [3.63, 3.8) is 0 Å². The summed E-state index contributed by atoms with van der Waals surface area (Å²) < 4.78 is 36.5. The number of rotatable bonds is 7. The Morgan fingerprint density at radius 2 is 1.87 bits per heavy atom. The smallest absolute Gasteiger partial charge is 0.121 e. The van der Waals surface area contributed by atoms with E-state index >= 15 is 0 Å². The third-order valence-corrected chi connectivity index (χ3v) is 8.56. The molecule has 1 aliphatic rings. The maximum Gasteiger partial charge on any atom is 0.121 e. The number of carbonyl (C=O) groups is 1. The van der Waals surface area contributed by atoms with E-state index in [9.17, 15) is 8.53 Å². The van der Waals surface area contributed by atoms with Gasteiger partial charge in [0, 0.05) is 17.6 Å². The van der Waals surface area contributed by atoms with Crippen LogP contribution >= 0.6 is 0 Å². The summed E-state index contributed by atoms with van der Waals surface area (Å²) in [6, 6.07) is 16.0. The van der Waals surface area contributed by atoms with Crippen molar-refractivity contribution in [2.24, 2.45) is 5.90 Å². The van der Waals surface area contributed by atoms with Crippen molar-refractivity contribution in [2.45, 2.75) is 13.3 Å². The number of nitrogens with two attached hydrogens (primary N) is 1. The van der Waals surface area contributed by atoms with E-state index < -0.39 is 14.2 Å². The summed E-state index contributed by atoms with van der Waals surface area (Å²) in [4.78, 5) is 19.5. The second-order valence-corrected chi connectivity index (χ2v) is 11.9. The molecule has 0 bridgehead atoms. The third-order valence-electron chi connectivity index (χ3n) is 5.47. The van der Waals surface area contributed by atoms with Crippen LogP contribution in [-0.2, 0) is 22.7 Å². The van der Waals surface area contributed by atoms with E-state index in [1.165, 1.54) is 19.3 Å². The number of methoxy groups -OCH3 is 1. The zero-order valence-electron chi connectivity index (χ0n) is 20.5. The molecule has 12 nitrogen and oxygen atoms in total. The Morgan fingerprint density at radius 3 is 2.61 bits per heavy atom. The zero-order valence-corrected chi connectivity index (χ0v) is 22.4. The molecule has 4 aromatic rings. The maximum atomic E-state index is 12.4. The van der Waals surface area contributed by atoms with E-state index in [0.29, 0.717) is 17.9 Å². The molecule has 1 aliphatic heterocycles. The summed E-state index contributed by atoms with van der Waals surface area (Å²) >= 11 is -4.87. The van der Waals surface area contributed by atoms with Crippen LogP contribution in [0.4, 0.5) is 5.69 Å². The zero-order chi connectivity index (χ0) is 27.1. The maximum absolute atomic E-state index is 12.4. The predicted molar refractivity (Wildman–Crippen MR) is 137 cm³/mol. The second-order valence-electron chi connectivity index (χ2n) is 8.03. The van der Waals surface area contributed by atoms with Gasteiger partial charge in [0.05, 0.1) is 12.6 Å². The second kappa shape index (κ2) is 12.1. The van der Waals surface area contributed by atoms with E-state index in [1.807, 2.05) is 36.4 Å². The molecular weight excluding hydrogens is 559 g/mol. The number of hydrogen-bond donors (Lipinski definition) is 3. The Labute approximate surface area is 220 Å². The van der Waals surface area contributed by atoms with E-state index in [2.05, 4.69) is 23.0 Å². The average molecular weight is 584 g/mol. The van der Waals surface area contributed by atoms with Gasteiger partial charge in [0.15, 0.2) is 0 Å². The van der Waals surface area contributed by atoms with Crippen LogP contribution in [0.1, 0.15) is 18.1 Å². The fourth-order valence-corrected chi connectivity index (χ4v) is 5.62. The number of anilines is 1. The molecule has 3 aromatic carbocycles. The first-order valence-electron chi connectivity index (χ1n) is 11.2. The molecule has 1 atom stereocenters. The van der Waals surface area contributed by atoms with Gasteiger partial charge in [-0.25, -0.2) is 9.97 Å². The van der Waals surface area contributed by atoms with Gasteiger partial charge in [-0.05, 0) is 12.1 Å². The van der Waals surface area contributed by atoms with Crippen molar-refractivity contribution >= 4 is 41.0 Å². The van der Waals surface area contributed by atoms with Gasteiger partial charge >= 0.3 is 151 Å². The molecule has 4 N–H and O–H groups in total. The molecule has 0 radical (unpaired) electrons. The van der Waals surface area contributed by atoms with Gasteiger partial charge in [-0.2, -0.15) is 0 Å². The first-order valence-corrected chi connectivity index (χ1v) is 14.4. The van der Waals surface area contributed by atoms with Crippen LogP contribution in [-0.4, -0.2) is 49.2 Å². The Morgan fingerprint density at radius 1 is 1.11 bits per heavy atom. The summed E-state index contributed by atoms with van der Waals surface area (Å²) in [6.45, 7) is 1.49. The van der Waals surface area contributed by atoms with Gasteiger partial charge in [0.2, 0.25) is 0 Å². The summed E-state index contributed by atoms with van der Waals surface area (Å²) in [5.74, 6) is 6.79. The summed E-state index contributed by atoms with van der Waals surface area (Å²) in [6.07, 6.45) is 3.83. The minimum Gasteiger partial charge on any atom is -0.497 e. The number of nitrogens with zero attached hydrogens (tertiary/aromatic N) is 2. The van der Waals surface area contributed by atoms with E-state index in [4.69, 9.17) is 25.4 Å². The van der Waals surface area contributed by atoms with E-state index in [-0.39, 0.29) is 22.7 Å². The van der Waals surface area contributed by atoms with Crippen molar-refractivity contribution in [1.82, 2.24) is 9.97 Å². The molecule has 0 saturated heterocycles. The molecule has 13 heteroatoms. The van der Waals surface area contributed by atoms with Crippen LogP contribution in [0.2, 0.25) is 0 Å². The molecular formula is C25H25AsN4O8. The molecule has 0 spiro atoms. The molecule has 5 rings (SSSR count). The molecule has 0 fully saturated rings. The first-order chi connectivity index (χ1) is 18.3. The third kappa shape index (κ3) is 6.30. The van der Waals surface area contributed by atoms with Crippen LogP contribution in [0.5, 0.6) is 17.2 Å². The van der Waals surface area contributed by atoms with Crippen molar-refractivity contribution in [1.29, 1.82) is 0 Å². The average Bonchev–Trinajstić information content (AvgIpc) is 3.40. The molecule has 0 aliphatic carbocycles. The van der Waals surface area contributed by atoms with Gasteiger partial charge < -0.3 is 4.74 Å². The van der Waals surface area contributed by atoms with Gasteiger partial charge in [-0.1, -0.05) is 0 Å². The first kappa shape index (κ1) is 27.1. The van der Waals surface area contributed by atoms with Crippen molar-refractivity contribution < 1.29 is 35.7 Å². The van der Waals surface area contributed by atoms with E-state index in [1.54, 1.807) is 25.4 Å². The fraction of sp³-hybridized carbons (Fsp3) is 0.160. The van der Waals surface area contributed by atoms with Gasteiger partial charge in [0.25, 0.3) is 0 Å². The molecule has 1 unspecified atom stereocenters. The Hall–Kier alpha value is -3.93. The summed E-state index contributed by atoms with van der Waals surface area (Å²) in [7, 11) is 1.64. The largest absolute Gasteiger partial charge is 0.497 e. The van der Waals surface area contributed by atoms with Gasteiger partial charge in [0.1, 0.15) is 12.1 Å². The van der Waals surface area contributed by atoms with Crippen molar-refractivity contribution in [3.05, 3.63) is 78.2 Å².